The molecule has 1 amide bonds. The molecular formula is C20H18N2O3S2. The summed E-state index contributed by atoms with van der Waals surface area (Å²) < 4.78 is 7.08. The van der Waals surface area contributed by atoms with Crippen molar-refractivity contribution in [3.8, 4) is 0 Å². The molecule has 0 saturated heterocycles. The Morgan fingerprint density at radius 2 is 1.89 bits per heavy atom. The number of thioether (sulfide) groups is 1. The fourth-order valence-electron chi connectivity index (χ4n) is 3.02. The highest BCUT2D eigenvalue weighted by atomic mass is 32.2. The van der Waals surface area contributed by atoms with E-state index in [0.717, 1.165) is 26.5 Å². The second-order valence-electron chi connectivity index (χ2n) is 6.23. The number of fused-ring (bicyclic) bond motifs is 2. The van der Waals surface area contributed by atoms with Crippen LogP contribution in [0.2, 0.25) is 0 Å². The van der Waals surface area contributed by atoms with Crippen LogP contribution in [-0.4, -0.2) is 40.7 Å². The Morgan fingerprint density at radius 1 is 1.11 bits per heavy atom. The highest BCUT2D eigenvalue weighted by molar-refractivity contribution is 8.01. The average Bonchev–Trinajstić information content (AvgIpc) is 3.13. The van der Waals surface area contributed by atoms with Gasteiger partial charge in [0.05, 0.1) is 16.0 Å². The summed E-state index contributed by atoms with van der Waals surface area (Å²) in [7, 11) is 0. The van der Waals surface area contributed by atoms with Gasteiger partial charge in [-0.3, -0.25) is 9.59 Å². The van der Waals surface area contributed by atoms with Gasteiger partial charge in [0.2, 0.25) is 0 Å². The number of nitrogens with zero attached hydrogens (tertiary/aromatic N) is 2. The summed E-state index contributed by atoms with van der Waals surface area (Å²) in [5.74, 6) is -0.400. The third kappa shape index (κ3) is 4.31. The first-order chi connectivity index (χ1) is 13.2. The topological polar surface area (TPSA) is 59.5 Å². The highest BCUT2D eigenvalue weighted by Gasteiger charge is 2.21. The van der Waals surface area contributed by atoms with Gasteiger partial charge in [0.25, 0.3) is 5.91 Å². The number of esters is 1. The second-order valence-corrected chi connectivity index (χ2v) is 8.48. The van der Waals surface area contributed by atoms with Crippen molar-refractivity contribution in [1.82, 2.24) is 9.88 Å². The Labute approximate surface area is 165 Å². The summed E-state index contributed by atoms with van der Waals surface area (Å²) in [6.07, 6.45) is 0.837. The van der Waals surface area contributed by atoms with Crippen LogP contribution in [0.25, 0.3) is 10.2 Å². The number of hydrogen-bond donors (Lipinski definition) is 0. The fraction of sp³-hybridized carbons (Fsp3) is 0.250. The second kappa shape index (κ2) is 8.10. The van der Waals surface area contributed by atoms with Gasteiger partial charge in [-0.15, -0.1) is 11.3 Å². The molecule has 0 bridgehead atoms. The summed E-state index contributed by atoms with van der Waals surface area (Å²) in [6, 6.07) is 16.0. The molecule has 1 aliphatic rings. The minimum atomic E-state index is -0.398. The maximum atomic E-state index is 12.3. The van der Waals surface area contributed by atoms with Crippen molar-refractivity contribution in [3.05, 3.63) is 59.7 Å². The molecule has 0 fully saturated rings. The molecule has 0 radical (unpaired) electrons. The van der Waals surface area contributed by atoms with E-state index in [9.17, 15) is 9.59 Å². The quantitative estimate of drug-likeness (QED) is 0.486. The lowest BCUT2D eigenvalue weighted by atomic mass is 10.00. The fourth-order valence-corrected chi connectivity index (χ4v) is 4.88. The smallest absolute Gasteiger partial charge is 0.316 e. The molecule has 138 valence electrons. The van der Waals surface area contributed by atoms with E-state index in [1.807, 2.05) is 42.5 Å². The zero-order valence-electron chi connectivity index (χ0n) is 14.6. The number of ether oxygens (including phenoxy) is 1. The third-order valence-corrected chi connectivity index (χ3v) is 6.58. The van der Waals surface area contributed by atoms with Crippen LogP contribution in [0.5, 0.6) is 0 Å². The van der Waals surface area contributed by atoms with Crippen LogP contribution in [0.4, 0.5) is 0 Å². The molecule has 0 atom stereocenters. The average molecular weight is 399 g/mol. The summed E-state index contributed by atoms with van der Waals surface area (Å²) in [5.41, 5.74) is 3.37. The Bertz CT molecular complexity index is 953. The van der Waals surface area contributed by atoms with Gasteiger partial charge < -0.3 is 9.64 Å². The predicted octanol–water partition coefficient (Wildman–Crippen LogP) is 3.52. The Kier molecular flexibility index (Phi) is 5.40. The Hall–Kier alpha value is -2.38. The van der Waals surface area contributed by atoms with E-state index in [1.54, 1.807) is 16.2 Å². The van der Waals surface area contributed by atoms with E-state index in [2.05, 4.69) is 11.1 Å². The first kappa shape index (κ1) is 18.0. The highest BCUT2D eigenvalue weighted by Crippen LogP contribution is 2.29. The van der Waals surface area contributed by atoms with Gasteiger partial charge in [0, 0.05) is 13.1 Å². The van der Waals surface area contributed by atoms with Crippen LogP contribution < -0.4 is 0 Å². The van der Waals surface area contributed by atoms with Gasteiger partial charge in [-0.25, -0.2) is 4.98 Å². The van der Waals surface area contributed by atoms with Crippen molar-refractivity contribution >= 4 is 45.2 Å². The van der Waals surface area contributed by atoms with E-state index in [-0.39, 0.29) is 18.3 Å². The molecule has 2 heterocycles. The maximum Gasteiger partial charge on any atom is 0.316 e. The molecule has 0 N–H and O–H groups in total. The van der Waals surface area contributed by atoms with E-state index in [4.69, 9.17) is 4.74 Å². The van der Waals surface area contributed by atoms with Crippen LogP contribution >= 0.6 is 23.1 Å². The lowest BCUT2D eigenvalue weighted by Gasteiger charge is -2.28. The minimum Gasteiger partial charge on any atom is -0.455 e. The molecule has 7 heteroatoms. The molecule has 1 aliphatic heterocycles. The predicted molar refractivity (Wildman–Crippen MR) is 107 cm³/mol. The van der Waals surface area contributed by atoms with Crippen molar-refractivity contribution in [3.63, 3.8) is 0 Å². The van der Waals surface area contributed by atoms with Gasteiger partial charge in [0.1, 0.15) is 0 Å². The maximum absolute atomic E-state index is 12.3. The van der Waals surface area contributed by atoms with Crippen LogP contribution in [0, 0.1) is 0 Å². The lowest BCUT2D eigenvalue weighted by Crippen LogP contribution is -2.38. The number of benzene rings is 2. The first-order valence-corrected chi connectivity index (χ1v) is 10.5. The van der Waals surface area contributed by atoms with Crippen molar-refractivity contribution < 1.29 is 14.3 Å². The normalized spacial score (nSPS) is 13.4. The van der Waals surface area contributed by atoms with E-state index < -0.39 is 5.97 Å². The number of amides is 1. The number of thiazole rings is 1. The van der Waals surface area contributed by atoms with Crippen molar-refractivity contribution in [2.75, 3.05) is 18.9 Å². The van der Waals surface area contributed by atoms with E-state index in [0.29, 0.717) is 13.1 Å². The SMILES string of the molecule is O=C(CSc1nc2ccccc2s1)OCC(=O)N1CCc2ccccc2C1. The molecule has 5 nitrogen and oxygen atoms in total. The summed E-state index contributed by atoms with van der Waals surface area (Å²) in [6.45, 7) is 1.03. The van der Waals surface area contributed by atoms with Crippen molar-refractivity contribution in [2.24, 2.45) is 0 Å². The molecule has 0 saturated carbocycles. The van der Waals surface area contributed by atoms with Crippen LogP contribution in [0.15, 0.2) is 52.9 Å². The minimum absolute atomic E-state index is 0.149. The molecule has 2 aromatic carbocycles. The summed E-state index contributed by atoms with van der Waals surface area (Å²) in [5, 5.41) is 0. The third-order valence-electron chi connectivity index (χ3n) is 4.43. The zero-order valence-corrected chi connectivity index (χ0v) is 16.2. The molecule has 27 heavy (non-hydrogen) atoms. The van der Waals surface area contributed by atoms with Crippen LogP contribution in [0.1, 0.15) is 11.1 Å². The van der Waals surface area contributed by atoms with Gasteiger partial charge in [-0.05, 0) is 29.7 Å². The first-order valence-electron chi connectivity index (χ1n) is 8.67. The number of hydrogen-bond acceptors (Lipinski definition) is 6. The molecule has 0 aliphatic carbocycles. The van der Waals surface area contributed by atoms with E-state index in [1.165, 1.54) is 17.3 Å². The largest absolute Gasteiger partial charge is 0.455 e. The lowest BCUT2D eigenvalue weighted by molar-refractivity contribution is -0.150. The summed E-state index contributed by atoms with van der Waals surface area (Å²) in [4.78, 5) is 30.5. The van der Waals surface area contributed by atoms with E-state index >= 15 is 0 Å². The van der Waals surface area contributed by atoms with Gasteiger partial charge in [0.15, 0.2) is 10.9 Å². The Morgan fingerprint density at radius 3 is 2.74 bits per heavy atom. The molecule has 1 aromatic heterocycles. The number of carbonyl (C=O) groups excluding carboxylic acids is 2. The summed E-state index contributed by atoms with van der Waals surface area (Å²) >= 11 is 2.89. The van der Waals surface area contributed by atoms with Gasteiger partial charge in [-0.1, -0.05) is 48.2 Å². The zero-order chi connectivity index (χ0) is 18.6. The molecule has 4 rings (SSSR count). The molecule has 3 aromatic rings. The molecule has 0 unspecified atom stereocenters. The van der Waals surface area contributed by atoms with Crippen LogP contribution in [-0.2, 0) is 27.3 Å². The van der Waals surface area contributed by atoms with Crippen molar-refractivity contribution in [2.45, 2.75) is 17.3 Å². The van der Waals surface area contributed by atoms with Crippen LogP contribution in [0.3, 0.4) is 0 Å². The molecule has 0 spiro atoms. The van der Waals surface area contributed by atoms with Gasteiger partial charge in [-0.2, -0.15) is 0 Å². The van der Waals surface area contributed by atoms with Gasteiger partial charge >= 0.3 is 5.97 Å². The number of carbonyl (C=O) groups is 2. The number of para-hydroxylation sites is 1. The standard InChI is InChI=1S/C20H18N2O3S2/c23-18(22-10-9-14-5-1-2-6-15(14)11-22)12-25-19(24)13-26-20-21-16-7-3-4-8-17(16)27-20/h1-8H,9-13H2. The monoisotopic (exact) mass is 398 g/mol. The van der Waals surface area contributed by atoms with Crippen molar-refractivity contribution in [1.29, 1.82) is 0 Å². The Balaban J connectivity index is 1.25. The number of rotatable bonds is 5. The molecular weight excluding hydrogens is 380 g/mol. The number of aromatic nitrogens is 1.